The summed E-state index contributed by atoms with van der Waals surface area (Å²) in [5, 5.41) is 0. The van der Waals surface area contributed by atoms with E-state index in [0.29, 0.717) is 29.6 Å². The molecule has 0 atom stereocenters. The third-order valence-electron chi connectivity index (χ3n) is 4.67. The first kappa shape index (κ1) is 15.1. The van der Waals surface area contributed by atoms with E-state index in [2.05, 4.69) is 19.3 Å². The summed E-state index contributed by atoms with van der Waals surface area (Å²) in [4.78, 5) is 26.8. The molecule has 0 aromatic carbocycles. The number of nitrogens with two attached hydrogens (primary N) is 1. The smallest absolute Gasteiger partial charge is 0.267 e. The van der Waals surface area contributed by atoms with E-state index < -0.39 is 0 Å². The maximum atomic E-state index is 12.6. The number of H-pyrrole nitrogens is 1. The van der Waals surface area contributed by atoms with Gasteiger partial charge in [0.15, 0.2) is 5.65 Å². The fraction of sp³-hybridized carbons (Fsp3) is 0.375. The van der Waals surface area contributed by atoms with Gasteiger partial charge < -0.3 is 15.6 Å². The summed E-state index contributed by atoms with van der Waals surface area (Å²) in [5.41, 5.74) is 10.2. The van der Waals surface area contributed by atoms with Gasteiger partial charge in [-0.05, 0) is 48.8 Å². The molecule has 0 spiro atoms. The molecule has 8 heteroatoms. The molecule has 7 nitrogen and oxygen atoms in total. The number of carbonyl (C=O) groups excluding carboxylic acids is 1. The Labute approximate surface area is 143 Å². The predicted octanol–water partition coefficient (Wildman–Crippen LogP) is 2.32. The highest BCUT2D eigenvalue weighted by Crippen LogP contribution is 2.32. The number of hydrogen-bond donors (Lipinski definition) is 2. The van der Waals surface area contributed by atoms with Gasteiger partial charge in [-0.2, -0.15) is 4.37 Å². The average molecular weight is 342 g/mol. The Balaban J connectivity index is 1.50. The molecular formula is C16H18N6OS. The zero-order chi connectivity index (χ0) is 16.7. The van der Waals surface area contributed by atoms with Crippen LogP contribution in [0.3, 0.4) is 0 Å². The van der Waals surface area contributed by atoms with Crippen molar-refractivity contribution in [3.63, 3.8) is 0 Å². The molecule has 1 amide bonds. The number of aryl methyl sites for hydroxylation is 1. The number of carbonyl (C=O) groups is 1. The molecule has 124 valence electrons. The summed E-state index contributed by atoms with van der Waals surface area (Å²) in [6, 6.07) is 2.04. The zero-order valence-electron chi connectivity index (χ0n) is 13.3. The van der Waals surface area contributed by atoms with Crippen molar-refractivity contribution in [2.75, 3.05) is 18.8 Å². The lowest BCUT2D eigenvalue weighted by molar-refractivity contribution is 0.0719. The normalized spacial score (nSPS) is 16.0. The van der Waals surface area contributed by atoms with Crippen molar-refractivity contribution in [2.45, 2.75) is 25.7 Å². The first-order valence-electron chi connectivity index (χ1n) is 7.94. The van der Waals surface area contributed by atoms with Gasteiger partial charge in [0.25, 0.3) is 5.91 Å². The summed E-state index contributed by atoms with van der Waals surface area (Å²) < 4.78 is 4.17. The van der Waals surface area contributed by atoms with Crippen molar-refractivity contribution in [3.8, 4) is 0 Å². The third kappa shape index (κ3) is 2.43. The quantitative estimate of drug-likeness (QED) is 0.744. The molecular weight excluding hydrogens is 324 g/mol. The highest BCUT2D eigenvalue weighted by atomic mass is 32.1. The fourth-order valence-electron chi connectivity index (χ4n) is 3.27. The number of piperidine rings is 1. The van der Waals surface area contributed by atoms with Crippen LogP contribution in [-0.2, 0) is 0 Å². The Hall–Kier alpha value is -2.48. The van der Waals surface area contributed by atoms with Crippen LogP contribution in [0.25, 0.3) is 11.2 Å². The molecule has 1 fully saturated rings. The van der Waals surface area contributed by atoms with Gasteiger partial charge in [0.05, 0.1) is 17.7 Å². The van der Waals surface area contributed by atoms with E-state index in [0.717, 1.165) is 29.7 Å². The summed E-state index contributed by atoms with van der Waals surface area (Å²) in [7, 11) is 0. The average Bonchev–Trinajstić information content (AvgIpc) is 3.22. The van der Waals surface area contributed by atoms with Gasteiger partial charge in [-0.25, -0.2) is 9.97 Å². The molecule has 1 aliphatic rings. The fourth-order valence-corrected chi connectivity index (χ4v) is 4.05. The number of fused-ring (bicyclic) bond motifs is 1. The van der Waals surface area contributed by atoms with Gasteiger partial charge >= 0.3 is 0 Å². The standard InChI is InChI=1S/C16H18N6OS/c1-9-12(17)14(24-21-9)16(23)22-6-3-10(4-7-22)11-2-5-18-15-13(11)19-8-20-15/h2,5,8,10H,3-4,6-7,17H2,1H3,(H,18,19,20). The molecule has 0 bridgehead atoms. The van der Waals surface area contributed by atoms with Crippen LogP contribution in [0.1, 0.15) is 39.7 Å². The minimum atomic E-state index is -0.00352. The van der Waals surface area contributed by atoms with E-state index >= 15 is 0 Å². The number of hydrogen-bond acceptors (Lipinski definition) is 6. The number of aromatic nitrogens is 4. The molecule has 0 saturated carbocycles. The molecule has 3 N–H and O–H groups in total. The maximum Gasteiger partial charge on any atom is 0.267 e. The second-order valence-corrected chi connectivity index (χ2v) is 6.85. The van der Waals surface area contributed by atoms with Crippen LogP contribution < -0.4 is 5.73 Å². The largest absolute Gasteiger partial charge is 0.396 e. The van der Waals surface area contributed by atoms with Crippen molar-refractivity contribution in [1.29, 1.82) is 0 Å². The van der Waals surface area contributed by atoms with Crippen LogP contribution >= 0.6 is 11.5 Å². The summed E-state index contributed by atoms with van der Waals surface area (Å²) in [5.74, 6) is 0.389. The zero-order valence-corrected chi connectivity index (χ0v) is 14.1. The van der Waals surface area contributed by atoms with Gasteiger partial charge in [-0.1, -0.05) is 0 Å². The number of nitrogen functional groups attached to an aromatic ring is 1. The Morgan fingerprint density at radius 1 is 1.38 bits per heavy atom. The number of nitrogens with one attached hydrogen (secondary N) is 1. The van der Waals surface area contributed by atoms with Gasteiger partial charge in [0.2, 0.25) is 0 Å². The predicted molar refractivity (Wildman–Crippen MR) is 93.0 cm³/mol. The number of rotatable bonds is 2. The van der Waals surface area contributed by atoms with Crippen molar-refractivity contribution >= 4 is 34.3 Å². The molecule has 3 aromatic heterocycles. The lowest BCUT2D eigenvalue weighted by Gasteiger charge is -2.32. The minimum absolute atomic E-state index is 0.00352. The third-order valence-corrected chi connectivity index (χ3v) is 5.62. The Kier molecular flexibility index (Phi) is 3.68. The molecule has 1 aliphatic heterocycles. The topological polar surface area (TPSA) is 101 Å². The lowest BCUT2D eigenvalue weighted by Crippen LogP contribution is -2.37. The van der Waals surface area contributed by atoms with E-state index in [9.17, 15) is 4.79 Å². The second kappa shape index (κ2) is 5.86. The van der Waals surface area contributed by atoms with Gasteiger partial charge in [-0.3, -0.25) is 4.79 Å². The molecule has 1 saturated heterocycles. The maximum absolute atomic E-state index is 12.6. The number of aromatic amines is 1. The number of amides is 1. The number of nitrogens with zero attached hydrogens (tertiary/aromatic N) is 4. The Bertz CT molecular complexity index is 893. The SMILES string of the molecule is Cc1nsc(C(=O)N2CCC(c3ccnc4[nH]cnc34)CC2)c1N. The van der Waals surface area contributed by atoms with Crippen LogP contribution in [-0.4, -0.2) is 43.2 Å². The van der Waals surface area contributed by atoms with E-state index in [1.54, 1.807) is 6.33 Å². The molecule has 0 unspecified atom stereocenters. The van der Waals surface area contributed by atoms with Crippen molar-refractivity contribution < 1.29 is 4.79 Å². The van der Waals surface area contributed by atoms with Crippen LogP contribution in [0, 0.1) is 6.92 Å². The number of anilines is 1. The van der Waals surface area contributed by atoms with Crippen LogP contribution in [0.2, 0.25) is 0 Å². The molecule has 24 heavy (non-hydrogen) atoms. The molecule has 4 heterocycles. The summed E-state index contributed by atoms with van der Waals surface area (Å²) in [6.07, 6.45) is 5.31. The number of pyridine rings is 1. The van der Waals surface area contributed by atoms with Crippen molar-refractivity contribution in [3.05, 3.63) is 34.7 Å². The van der Waals surface area contributed by atoms with E-state index in [1.165, 1.54) is 17.1 Å². The van der Waals surface area contributed by atoms with Crippen LogP contribution in [0.15, 0.2) is 18.6 Å². The van der Waals surface area contributed by atoms with Gasteiger partial charge in [0.1, 0.15) is 10.4 Å². The molecule has 3 aromatic rings. The molecule has 4 rings (SSSR count). The van der Waals surface area contributed by atoms with Crippen molar-refractivity contribution in [1.82, 2.24) is 24.2 Å². The first-order valence-corrected chi connectivity index (χ1v) is 8.71. The van der Waals surface area contributed by atoms with Crippen LogP contribution in [0.4, 0.5) is 5.69 Å². The minimum Gasteiger partial charge on any atom is -0.396 e. The summed E-state index contributed by atoms with van der Waals surface area (Å²) >= 11 is 1.19. The first-order chi connectivity index (χ1) is 11.6. The van der Waals surface area contributed by atoms with E-state index in [4.69, 9.17) is 5.73 Å². The van der Waals surface area contributed by atoms with E-state index in [-0.39, 0.29) is 5.91 Å². The Morgan fingerprint density at radius 3 is 2.88 bits per heavy atom. The van der Waals surface area contributed by atoms with E-state index in [1.807, 2.05) is 24.1 Å². The van der Waals surface area contributed by atoms with Gasteiger partial charge in [-0.15, -0.1) is 0 Å². The highest BCUT2D eigenvalue weighted by molar-refractivity contribution is 7.08. The highest BCUT2D eigenvalue weighted by Gasteiger charge is 2.28. The second-order valence-electron chi connectivity index (χ2n) is 6.08. The number of likely N-dealkylation sites (tertiary alicyclic amines) is 1. The molecule has 0 radical (unpaired) electrons. The lowest BCUT2D eigenvalue weighted by atomic mass is 9.89. The monoisotopic (exact) mass is 342 g/mol. The number of imidazole rings is 1. The van der Waals surface area contributed by atoms with Gasteiger partial charge in [0, 0.05) is 19.3 Å². The van der Waals surface area contributed by atoms with Crippen molar-refractivity contribution in [2.24, 2.45) is 0 Å². The molecule has 0 aliphatic carbocycles. The summed E-state index contributed by atoms with van der Waals surface area (Å²) in [6.45, 7) is 3.26. The Morgan fingerprint density at radius 2 is 2.17 bits per heavy atom. The van der Waals surface area contributed by atoms with Crippen LogP contribution in [0.5, 0.6) is 0 Å².